The van der Waals surface area contributed by atoms with Crippen LogP contribution >= 0.6 is 0 Å². The van der Waals surface area contributed by atoms with Crippen molar-refractivity contribution in [2.75, 3.05) is 26.2 Å². The van der Waals surface area contributed by atoms with Crippen molar-refractivity contribution in [1.82, 2.24) is 9.80 Å². The van der Waals surface area contributed by atoms with Gasteiger partial charge < -0.3 is 14.9 Å². The molecule has 0 spiro atoms. The topological polar surface area (TPSA) is 60.9 Å². The molecule has 1 N–H and O–H groups in total. The van der Waals surface area contributed by atoms with Crippen molar-refractivity contribution in [2.45, 2.75) is 46.5 Å². The maximum absolute atomic E-state index is 12.5. The maximum Gasteiger partial charge on any atom is 0.323 e. The van der Waals surface area contributed by atoms with Crippen LogP contribution in [0.2, 0.25) is 0 Å². The van der Waals surface area contributed by atoms with E-state index in [-0.39, 0.29) is 12.6 Å². The molecule has 0 atom stereocenters. The number of carboxylic acid groups (broad SMARTS) is 1. The number of aliphatic carboxylic acids is 1. The minimum absolute atomic E-state index is 0.117. The first kappa shape index (κ1) is 16.8. The minimum Gasteiger partial charge on any atom is -0.480 e. The van der Waals surface area contributed by atoms with Gasteiger partial charge in [0.1, 0.15) is 6.54 Å². The Morgan fingerprint density at radius 3 is 2.15 bits per heavy atom. The van der Waals surface area contributed by atoms with Gasteiger partial charge in [-0.25, -0.2) is 4.79 Å². The van der Waals surface area contributed by atoms with Crippen LogP contribution in [0.15, 0.2) is 0 Å². The molecule has 1 aliphatic rings. The summed E-state index contributed by atoms with van der Waals surface area (Å²) in [4.78, 5) is 26.8. The van der Waals surface area contributed by atoms with Crippen LogP contribution in [0.25, 0.3) is 0 Å². The largest absolute Gasteiger partial charge is 0.480 e. The SMILES string of the molecule is CCC(CC)CN(CC)C(=O)N(CC(=O)O)CC1CC1. The van der Waals surface area contributed by atoms with Gasteiger partial charge in [-0.3, -0.25) is 4.79 Å². The Morgan fingerprint density at radius 1 is 1.15 bits per heavy atom. The lowest BCUT2D eigenvalue weighted by molar-refractivity contribution is -0.137. The number of carbonyl (C=O) groups is 2. The predicted octanol–water partition coefficient (Wildman–Crippen LogP) is 2.66. The number of rotatable bonds is 9. The van der Waals surface area contributed by atoms with Crippen molar-refractivity contribution in [3.63, 3.8) is 0 Å². The molecule has 0 unspecified atom stereocenters. The summed E-state index contributed by atoms with van der Waals surface area (Å²) >= 11 is 0. The van der Waals surface area contributed by atoms with Gasteiger partial charge in [-0.1, -0.05) is 26.7 Å². The zero-order valence-corrected chi connectivity index (χ0v) is 13.0. The molecule has 1 rings (SSSR count). The third-order valence-corrected chi connectivity index (χ3v) is 4.06. The zero-order valence-electron chi connectivity index (χ0n) is 13.0. The fourth-order valence-corrected chi connectivity index (χ4v) is 2.39. The number of urea groups is 1. The summed E-state index contributed by atoms with van der Waals surface area (Å²) in [7, 11) is 0. The molecule has 0 aromatic carbocycles. The quantitative estimate of drug-likeness (QED) is 0.708. The first-order valence-electron chi connectivity index (χ1n) is 7.77. The van der Waals surface area contributed by atoms with Crippen LogP contribution in [0.5, 0.6) is 0 Å². The molecule has 1 aliphatic carbocycles. The van der Waals surface area contributed by atoms with Gasteiger partial charge in [-0.2, -0.15) is 0 Å². The number of carbonyl (C=O) groups excluding carboxylic acids is 1. The molecule has 0 aromatic heterocycles. The van der Waals surface area contributed by atoms with Crippen molar-refractivity contribution < 1.29 is 14.7 Å². The van der Waals surface area contributed by atoms with E-state index in [9.17, 15) is 9.59 Å². The van der Waals surface area contributed by atoms with Gasteiger partial charge in [0, 0.05) is 19.6 Å². The molecule has 2 amide bonds. The smallest absolute Gasteiger partial charge is 0.323 e. The molecule has 20 heavy (non-hydrogen) atoms. The minimum atomic E-state index is -0.933. The molecule has 5 nitrogen and oxygen atoms in total. The molecule has 0 bridgehead atoms. The maximum atomic E-state index is 12.5. The molecule has 1 fully saturated rings. The lowest BCUT2D eigenvalue weighted by Gasteiger charge is -2.31. The van der Waals surface area contributed by atoms with Gasteiger partial charge in [0.25, 0.3) is 0 Å². The molecule has 0 aliphatic heterocycles. The molecule has 0 heterocycles. The first-order chi connectivity index (χ1) is 9.51. The van der Waals surface area contributed by atoms with Gasteiger partial charge in [0.2, 0.25) is 0 Å². The van der Waals surface area contributed by atoms with Crippen LogP contribution in [0, 0.1) is 11.8 Å². The summed E-state index contributed by atoms with van der Waals surface area (Å²) in [6.07, 6.45) is 4.31. The Morgan fingerprint density at radius 2 is 1.75 bits per heavy atom. The fraction of sp³-hybridized carbons (Fsp3) is 0.867. The number of nitrogens with zero attached hydrogens (tertiary/aromatic N) is 2. The molecule has 1 saturated carbocycles. The van der Waals surface area contributed by atoms with E-state index in [2.05, 4.69) is 13.8 Å². The second-order valence-corrected chi connectivity index (χ2v) is 5.72. The van der Waals surface area contributed by atoms with Gasteiger partial charge >= 0.3 is 12.0 Å². The average molecular weight is 284 g/mol. The first-order valence-corrected chi connectivity index (χ1v) is 7.77. The van der Waals surface area contributed by atoms with Crippen molar-refractivity contribution >= 4 is 12.0 Å². The van der Waals surface area contributed by atoms with Crippen LogP contribution < -0.4 is 0 Å². The Bertz CT molecular complexity index is 325. The molecule has 0 aromatic rings. The van der Waals surface area contributed by atoms with E-state index in [1.807, 2.05) is 6.92 Å². The highest BCUT2D eigenvalue weighted by Gasteiger charge is 2.30. The molecule has 0 radical (unpaired) electrons. The number of carboxylic acids is 1. The lowest BCUT2D eigenvalue weighted by Crippen LogP contribution is -2.47. The van der Waals surface area contributed by atoms with E-state index in [0.29, 0.717) is 24.9 Å². The van der Waals surface area contributed by atoms with Crippen LogP contribution in [0.4, 0.5) is 4.79 Å². The Balaban J connectivity index is 2.64. The van der Waals surface area contributed by atoms with Crippen LogP contribution in [-0.2, 0) is 4.79 Å². The van der Waals surface area contributed by atoms with Crippen molar-refractivity contribution in [3.8, 4) is 0 Å². The Labute approximate surface area is 121 Å². The van der Waals surface area contributed by atoms with Crippen molar-refractivity contribution in [2.24, 2.45) is 11.8 Å². The van der Waals surface area contributed by atoms with Gasteiger partial charge in [0.05, 0.1) is 0 Å². The highest BCUT2D eigenvalue weighted by atomic mass is 16.4. The standard InChI is InChI=1S/C15H28N2O3/c1-4-12(5-2)9-16(6-3)15(20)17(11-14(18)19)10-13-7-8-13/h12-13H,4-11H2,1-3H3,(H,18,19). The second-order valence-electron chi connectivity index (χ2n) is 5.72. The molecule has 0 saturated heterocycles. The summed E-state index contributed by atoms with van der Waals surface area (Å²) in [5, 5.41) is 8.98. The highest BCUT2D eigenvalue weighted by Crippen LogP contribution is 2.30. The number of hydrogen-bond donors (Lipinski definition) is 1. The Hall–Kier alpha value is -1.26. The van der Waals surface area contributed by atoms with Crippen molar-refractivity contribution in [1.29, 1.82) is 0 Å². The highest BCUT2D eigenvalue weighted by molar-refractivity contribution is 5.80. The van der Waals surface area contributed by atoms with E-state index in [0.717, 1.165) is 32.2 Å². The normalized spacial score (nSPS) is 14.4. The van der Waals surface area contributed by atoms with E-state index in [4.69, 9.17) is 5.11 Å². The van der Waals surface area contributed by atoms with Crippen LogP contribution in [0.3, 0.4) is 0 Å². The summed E-state index contributed by atoms with van der Waals surface area (Å²) < 4.78 is 0. The van der Waals surface area contributed by atoms with E-state index in [1.54, 1.807) is 4.90 Å². The monoisotopic (exact) mass is 284 g/mol. The third kappa shape index (κ3) is 5.39. The molecule has 116 valence electrons. The van der Waals surface area contributed by atoms with Gasteiger partial charge in [-0.05, 0) is 31.6 Å². The zero-order chi connectivity index (χ0) is 15.1. The molecular weight excluding hydrogens is 256 g/mol. The fourth-order valence-electron chi connectivity index (χ4n) is 2.39. The van der Waals surface area contributed by atoms with Gasteiger partial charge in [0.15, 0.2) is 0 Å². The predicted molar refractivity (Wildman–Crippen MR) is 78.6 cm³/mol. The lowest BCUT2D eigenvalue weighted by atomic mass is 10.0. The second kappa shape index (κ2) is 8.12. The van der Waals surface area contributed by atoms with E-state index >= 15 is 0 Å². The summed E-state index contributed by atoms with van der Waals surface area (Å²) in [5.74, 6) is 0.0641. The number of amides is 2. The molecular formula is C15H28N2O3. The van der Waals surface area contributed by atoms with E-state index < -0.39 is 5.97 Å². The van der Waals surface area contributed by atoms with Crippen LogP contribution in [0.1, 0.15) is 46.5 Å². The number of hydrogen-bond acceptors (Lipinski definition) is 2. The van der Waals surface area contributed by atoms with Gasteiger partial charge in [-0.15, -0.1) is 0 Å². The third-order valence-electron chi connectivity index (χ3n) is 4.06. The van der Waals surface area contributed by atoms with Crippen LogP contribution in [-0.4, -0.2) is 53.1 Å². The summed E-state index contributed by atoms with van der Waals surface area (Å²) in [5.41, 5.74) is 0. The Kier molecular flexibility index (Phi) is 6.82. The summed E-state index contributed by atoms with van der Waals surface area (Å²) in [6, 6.07) is -0.117. The molecule has 5 heteroatoms. The average Bonchev–Trinajstić information content (AvgIpc) is 3.22. The van der Waals surface area contributed by atoms with E-state index in [1.165, 1.54) is 4.90 Å². The summed E-state index contributed by atoms with van der Waals surface area (Å²) in [6.45, 7) is 7.98. The van der Waals surface area contributed by atoms with Crippen molar-refractivity contribution in [3.05, 3.63) is 0 Å².